The van der Waals surface area contributed by atoms with Gasteiger partial charge >= 0.3 is 6.09 Å². The molecule has 1 aliphatic heterocycles. The predicted octanol–water partition coefficient (Wildman–Crippen LogP) is 4.69. The van der Waals surface area contributed by atoms with E-state index in [9.17, 15) is 4.79 Å². The van der Waals surface area contributed by atoms with Gasteiger partial charge in [-0.2, -0.15) is 0 Å². The molecule has 2 fully saturated rings. The maximum atomic E-state index is 12.1. The molecule has 10 nitrogen and oxygen atoms in total. The van der Waals surface area contributed by atoms with Crippen molar-refractivity contribution in [3.63, 3.8) is 0 Å². The van der Waals surface area contributed by atoms with E-state index in [-0.39, 0.29) is 13.2 Å². The summed E-state index contributed by atoms with van der Waals surface area (Å²) in [5.41, 5.74) is 2.76. The minimum absolute atomic E-state index is 0.0296. The van der Waals surface area contributed by atoms with E-state index < -0.39 is 6.09 Å². The first kappa shape index (κ1) is 31.8. The van der Waals surface area contributed by atoms with Gasteiger partial charge in [-0.3, -0.25) is 19.4 Å². The molecule has 0 bridgehead atoms. The van der Waals surface area contributed by atoms with E-state index in [1.165, 1.54) is 25.7 Å². The van der Waals surface area contributed by atoms with Crippen LogP contribution in [0.2, 0.25) is 0 Å². The van der Waals surface area contributed by atoms with Crippen LogP contribution in [-0.4, -0.2) is 92.8 Å². The number of thioether (sulfide) groups is 1. The van der Waals surface area contributed by atoms with Crippen molar-refractivity contribution in [2.45, 2.75) is 69.5 Å². The smallest absolute Gasteiger partial charge is 0.408 e. The van der Waals surface area contributed by atoms with Gasteiger partial charge in [-0.25, -0.2) is 4.79 Å². The number of hydrogen-bond donors (Lipinski definition) is 1. The number of carbonyl (C=O) groups is 1. The fourth-order valence-corrected chi connectivity index (χ4v) is 6.76. The Labute approximate surface area is 264 Å². The van der Waals surface area contributed by atoms with Gasteiger partial charge < -0.3 is 14.8 Å². The van der Waals surface area contributed by atoms with Crippen LogP contribution in [0, 0.1) is 18.8 Å². The van der Waals surface area contributed by atoms with Gasteiger partial charge in [0.1, 0.15) is 12.4 Å². The highest BCUT2D eigenvalue weighted by Crippen LogP contribution is 2.35. The Kier molecular flexibility index (Phi) is 11.5. The zero-order chi connectivity index (χ0) is 30.7. The van der Waals surface area contributed by atoms with Crippen molar-refractivity contribution in [1.82, 2.24) is 34.9 Å². The number of piperazine rings is 1. The SMILES string of the molecule is Cc1cc(OCc2nnc(SC3CCCC3)n2-c2cccnc2)ccc1C#CCOC(=O)NCCN1CCN(C(C)C)CC1. The molecule has 1 saturated heterocycles. The van der Waals surface area contributed by atoms with E-state index >= 15 is 0 Å². The normalized spacial score (nSPS) is 16.1. The van der Waals surface area contributed by atoms with Gasteiger partial charge in [-0.15, -0.1) is 10.2 Å². The van der Waals surface area contributed by atoms with Gasteiger partial charge in [-0.1, -0.05) is 36.4 Å². The Morgan fingerprint density at radius 1 is 1.14 bits per heavy atom. The molecule has 0 spiro atoms. The maximum Gasteiger partial charge on any atom is 0.408 e. The lowest BCUT2D eigenvalue weighted by Gasteiger charge is -2.36. The quantitative estimate of drug-likeness (QED) is 0.308. The molecule has 2 aliphatic rings. The molecule has 1 N–H and O–H groups in total. The van der Waals surface area contributed by atoms with Crippen LogP contribution in [0.3, 0.4) is 0 Å². The molecule has 1 amide bonds. The van der Waals surface area contributed by atoms with Crippen LogP contribution in [0.5, 0.6) is 5.75 Å². The van der Waals surface area contributed by atoms with E-state index in [0.717, 1.165) is 66.3 Å². The Bertz CT molecular complexity index is 1420. The lowest BCUT2D eigenvalue weighted by molar-refractivity contribution is 0.108. The first-order valence-electron chi connectivity index (χ1n) is 15.6. The van der Waals surface area contributed by atoms with Crippen LogP contribution in [-0.2, 0) is 11.3 Å². The number of amides is 1. The van der Waals surface area contributed by atoms with E-state index in [2.05, 4.69) is 56.0 Å². The molecule has 3 aromatic rings. The third-order valence-corrected chi connectivity index (χ3v) is 9.36. The Morgan fingerprint density at radius 2 is 1.95 bits per heavy atom. The van der Waals surface area contributed by atoms with Gasteiger partial charge in [0.2, 0.25) is 0 Å². The number of benzene rings is 1. The molecule has 1 aromatic carbocycles. The summed E-state index contributed by atoms with van der Waals surface area (Å²) in [4.78, 5) is 21.2. The van der Waals surface area contributed by atoms with Crippen LogP contribution in [0.15, 0.2) is 47.9 Å². The summed E-state index contributed by atoms with van der Waals surface area (Å²) in [6, 6.07) is 10.3. The van der Waals surface area contributed by atoms with Gasteiger partial charge in [0, 0.05) is 62.3 Å². The molecule has 1 aliphatic carbocycles. The molecule has 44 heavy (non-hydrogen) atoms. The molecule has 234 valence electrons. The first-order chi connectivity index (χ1) is 21.5. The lowest BCUT2D eigenvalue weighted by atomic mass is 10.1. The van der Waals surface area contributed by atoms with E-state index in [4.69, 9.17) is 9.47 Å². The predicted molar refractivity (Wildman–Crippen MR) is 172 cm³/mol. The van der Waals surface area contributed by atoms with Crippen LogP contribution < -0.4 is 10.1 Å². The minimum Gasteiger partial charge on any atom is -0.486 e. The van der Waals surface area contributed by atoms with Gasteiger partial charge in [0.05, 0.1) is 11.9 Å². The summed E-state index contributed by atoms with van der Waals surface area (Å²) in [6.45, 7) is 12.3. The number of aromatic nitrogens is 4. The van der Waals surface area contributed by atoms with Crippen molar-refractivity contribution in [3.05, 3.63) is 59.7 Å². The third kappa shape index (κ3) is 8.97. The molecule has 5 rings (SSSR count). The fourth-order valence-electron chi connectivity index (χ4n) is 5.49. The summed E-state index contributed by atoms with van der Waals surface area (Å²) in [5.74, 6) is 7.49. The Balaban J connectivity index is 1.08. The molecule has 1 saturated carbocycles. The Morgan fingerprint density at radius 3 is 2.68 bits per heavy atom. The summed E-state index contributed by atoms with van der Waals surface area (Å²) in [7, 11) is 0. The van der Waals surface area contributed by atoms with Gasteiger partial charge in [-0.05, 0) is 69.5 Å². The van der Waals surface area contributed by atoms with Crippen molar-refractivity contribution < 1.29 is 14.3 Å². The Hall–Kier alpha value is -3.59. The molecule has 2 aromatic heterocycles. The van der Waals surface area contributed by atoms with Crippen molar-refractivity contribution in [2.75, 3.05) is 45.9 Å². The summed E-state index contributed by atoms with van der Waals surface area (Å²) in [5, 5.41) is 13.2. The van der Waals surface area contributed by atoms with E-state index in [0.29, 0.717) is 17.8 Å². The fraction of sp³-hybridized carbons (Fsp3) is 0.515. The summed E-state index contributed by atoms with van der Waals surface area (Å²) < 4.78 is 13.4. The maximum absolute atomic E-state index is 12.1. The van der Waals surface area contributed by atoms with Gasteiger partial charge in [0.25, 0.3) is 0 Å². The van der Waals surface area contributed by atoms with Crippen LogP contribution in [0.1, 0.15) is 56.5 Å². The molecule has 0 radical (unpaired) electrons. The second kappa shape index (κ2) is 15.9. The zero-order valence-electron chi connectivity index (χ0n) is 26.0. The second-order valence-electron chi connectivity index (χ2n) is 11.5. The second-order valence-corrected chi connectivity index (χ2v) is 12.8. The van der Waals surface area contributed by atoms with Crippen molar-refractivity contribution in [1.29, 1.82) is 0 Å². The first-order valence-corrected chi connectivity index (χ1v) is 16.4. The third-order valence-electron chi connectivity index (χ3n) is 8.08. The highest BCUT2D eigenvalue weighted by atomic mass is 32.2. The molecule has 3 heterocycles. The zero-order valence-corrected chi connectivity index (χ0v) is 26.8. The van der Waals surface area contributed by atoms with E-state index in [1.54, 1.807) is 18.0 Å². The van der Waals surface area contributed by atoms with Crippen LogP contribution in [0.4, 0.5) is 4.79 Å². The largest absolute Gasteiger partial charge is 0.486 e. The average molecular weight is 618 g/mol. The van der Waals surface area contributed by atoms with Crippen molar-refractivity contribution in [2.24, 2.45) is 0 Å². The number of carbonyl (C=O) groups excluding carboxylic acids is 1. The number of hydrogen-bond acceptors (Lipinski definition) is 9. The molecular formula is C33H43N7O3S. The standard InChI is InChI=1S/C33H43N7O3S/c1-25(2)39-19-17-38(18-20-39)16-15-35-33(41)42-21-7-8-27-12-13-29(22-26(27)3)43-24-31-36-37-32(44-30-10-4-5-11-30)40(31)28-9-6-14-34-23-28/h6,9,12-14,22-23,25,30H,4-5,10-11,15-21,24H2,1-3H3,(H,35,41). The number of alkyl carbamates (subject to hydrolysis) is 1. The number of pyridine rings is 1. The van der Waals surface area contributed by atoms with Crippen molar-refractivity contribution in [3.8, 4) is 23.3 Å². The number of nitrogens with one attached hydrogen (secondary N) is 1. The molecule has 0 unspecified atom stereocenters. The van der Waals surface area contributed by atoms with Crippen molar-refractivity contribution >= 4 is 17.9 Å². The number of ether oxygens (including phenoxy) is 2. The average Bonchev–Trinajstić information content (AvgIpc) is 3.70. The topological polar surface area (TPSA) is 97.6 Å². The highest BCUT2D eigenvalue weighted by molar-refractivity contribution is 7.99. The monoisotopic (exact) mass is 617 g/mol. The molecule has 11 heteroatoms. The number of nitrogens with zero attached hydrogens (tertiary/aromatic N) is 6. The summed E-state index contributed by atoms with van der Waals surface area (Å²) in [6.07, 6.45) is 8.11. The van der Waals surface area contributed by atoms with Crippen LogP contribution >= 0.6 is 11.8 Å². The molecule has 0 atom stereocenters. The number of aryl methyl sites for hydroxylation is 1. The van der Waals surface area contributed by atoms with Gasteiger partial charge in [0.15, 0.2) is 17.6 Å². The molecular weight excluding hydrogens is 574 g/mol. The minimum atomic E-state index is -0.440. The van der Waals surface area contributed by atoms with E-state index in [1.807, 2.05) is 48.0 Å². The summed E-state index contributed by atoms with van der Waals surface area (Å²) >= 11 is 1.79. The highest BCUT2D eigenvalue weighted by Gasteiger charge is 2.22. The lowest BCUT2D eigenvalue weighted by Crippen LogP contribution is -2.50. The number of rotatable bonds is 11. The van der Waals surface area contributed by atoms with Crippen LogP contribution in [0.25, 0.3) is 5.69 Å².